The molecule has 41 heavy (non-hydrogen) atoms. The van der Waals surface area contributed by atoms with E-state index in [4.69, 9.17) is 14.2 Å². The van der Waals surface area contributed by atoms with Gasteiger partial charge in [-0.2, -0.15) is 36.3 Å². The van der Waals surface area contributed by atoms with Crippen LogP contribution < -0.4 is 15.0 Å². The SMILES string of the molecule is CC1(C)OC[C@H](COc2nc3c(c(NC4C=CC(C(F)(F)F)=CC4)n2)CCN(c2ncccc2C(F)(F)F)CC3)O1. The number of allylic oxidation sites excluding steroid dienone is 2. The van der Waals surface area contributed by atoms with Crippen molar-refractivity contribution in [2.75, 3.05) is 36.5 Å². The standard InChI is InChI=1S/C27H29F6N5O3/c1-25(2)40-15-18(41-25)14-39-24-36-21-10-13-38(23-20(27(31,32)33)4-3-11-34-23)12-9-19(21)22(37-24)35-17-7-5-16(6-8-17)26(28,29)30/h3-7,11,17-18H,8-10,12-15H2,1-2H3,(H,35,36,37)/t17?,18-/m0/s1. The maximum absolute atomic E-state index is 13.7. The number of aromatic nitrogens is 3. The molecule has 5 rings (SSSR count). The summed E-state index contributed by atoms with van der Waals surface area (Å²) in [7, 11) is 0. The first-order chi connectivity index (χ1) is 19.3. The van der Waals surface area contributed by atoms with Crippen LogP contribution in [0, 0.1) is 0 Å². The Hall–Kier alpha value is -3.39. The van der Waals surface area contributed by atoms with Gasteiger partial charge in [-0.25, -0.2) is 4.98 Å². The average molecular weight is 586 g/mol. The molecule has 14 heteroatoms. The summed E-state index contributed by atoms with van der Waals surface area (Å²) in [6.07, 6.45) is -3.92. The van der Waals surface area contributed by atoms with Gasteiger partial charge in [-0.3, -0.25) is 0 Å². The van der Waals surface area contributed by atoms with Crippen molar-refractivity contribution in [1.82, 2.24) is 15.0 Å². The van der Waals surface area contributed by atoms with E-state index in [0.717, 1.165) is 18.2 Å². The Labute approximate surface area is 232 Å². The predicted octanol–water partition coefficient (Wildman–Crippen LogP) is 5.26. The Kier molecular flexibility index (Phi) is 7.90. The van der Waals surface area contributed by atoms with Gasteiger partial charge in [0.2, 0.25) is 0 Å². The van der Waals surface area contributed by atoms with Crippen molar-refractivity contribution in [2.24, 2.45) is 0 Å². The number of nitrogens with zero attached hydrogens (tertiary/aromatic N) is 4. The molecule has 222 valence electrons. The quantitative estimate of drug-likeness (QED) is 0.461. The number of nitrogens with one attached hydrogen (secondary N) is 1. The van der Waals surface area contributed by atoms with Crippen molar-refractivity contribution in [1.29, 1.82) is 0 Å². The second-order valence-electron chi connectivity index (χ2n) is 10.4. The second kappa shape index (κ2) is 11.1. The first kappa shape index (κ1) is 29.1. The molecule has 0 spiro atoms. The van der Waals surface area contributed by atoms with Gasteiger partial charge in [0.05, 0.1) is 23.4 Å². The van der Waals surface area contributed by atoms with Gasteiger partial charge in [-0.1, -0.05) is 18.2 Å². The van der Waals surface area contributed by atoms with Crippen LogP contribution in [-0.4, -0.2) is 65.4 Å². The first-order valence-electron chi connectivity index (χ1n) is 13.1. The Morgan fingerprint density at radius 2 is 1.88 bits per heavy atom. The zero-order valence-electron chi connectivity index (χ0n) is 22.3. The van der Waals surface area contributed by atoms with E-state index < -0.39 is 35.3 Å². The lowest BCUT2D eigenvalue weighted by molar-refractivity contribution is -0.141. The molecular weight excluding hydrogens is 556 g/mol. The van der Waals surface area contributed by atoms with E-state index in [1.807, 2.05) is 0 Å². The molecule has 2 aromatic rings. The molecule has 1 N–H and O–H groups in total. The molecular formula is C27H29F6N5O3. The molecule has 1 fully saturated rings. The van der Waals surface area contributed by atoms with Gasteiger partial charge in [-0.15, -0.1) is 0 Å². The van der Waals surface area contributed by atoms with Gasteiger partial charge in [0.1, 0.15) is 24.3 Å². The smallest absolute Gasteiger partial charge is 0.419 e. The molecule has 1 unspecified atom stereocenters. The zero-order chi connectivity index (χ0) is 29.4. The van der Waals surface area contributed by atoms with Gasteiger partial charge in [-0.05, 0) is 38.8 Å². The van der Waals surface area contributed by atoms with Crippen LogP contribution in [0.25, 0.3) is 0 Å². The largest absolute Gasteiger partial charge is 0.461 e. The summed E-state index contributed by atoms with van der Waals surface area (Å²) < 4.78 is 97.5. The lowest BCUT2D eigenvalue weighted by Gasteiger charge is -2.24. The summed E-state index contributed by atoms with van der Waals surface area (Å²) in [6, 6.07) is 1.76. The van der Waals surface area contributed by atoms with Crippen molar-refractivity contribution >= 4 is 11.6 Å². The zero-order valence-corrected chi connectivity index (χ0v) is 22.3. The van der Waals surface area contributed by atoms with Gasteiger partial charge in [0.15, 0.2) is 5.79 Å². The molecule has 2 aliphatic heterocycles. The number of ether oxygens (including phenoxy) is 3. The van der Waals surface area contributed by atoms with Gasteiger partial charge >= 0.3 is 18.4 Å². The first-order valence-corrected chi connectivity index (χ1v) is 13.1. The number of hydrogen-bond donors (Lipinski definition) is 1. The highest BCUT2D eigenvalue weighted by atomic mass is 19.4. The van der Waals surface area contributed by atoms with Crippen LogP contribution in [0.5, 0.6) is 6.01 Å². The number of rotatable bonds is 6. The molecule has 0 radical (unpaired) electrons. The van der Waals surface area contributed by atoms with Crippen LogP contribution >= 0.6 is 0 Å². The van der Waals surface area contributed by atoms with Crippen LogP contribution in [-0.2, 0) is 28.5 Å². The minimum absolute atomic E-state index is 0.0214. The molecule has 0 saturated carbocycles. The van der Waals surface area contributed by atoms with Crippen molar-refractivity contribution < 1.29 is 40.6 Å². The topological polar surface area (TPSA) is 81.6 Å². The fourth-order valence-corrected chi connectivity index (χ4v) is 4.97. The molecule has 0 bridgehead atoms. The van der Waals surface area contributed by atoms with Gasteiger partial charge in [0, 0.05) is 37.3 Å². The maximum atomic E-state index is 13.7. The lowest BCUT2D eigenvalue weighted by Crippen LogP contribution is -2.29. The normalized spacial score (nSPS) is 22.6. The number of hydrogen-bond acceptors (Lipinski definition) is 8. The number of anilines is 2. The minimum Gasteiger partial charge on any atom is -0.461 e. The van der Waals surface area contributed by atoms with E-state index in [-0.39, 0.29) is 56.9 Å². The number of halogens is 6. The number of fused-ring (bicyclic) bond motifs is 1. The summed E-state index contributed by atoms with van der Waals surface area (Å²) >= 11 is 0. The third-order valence-electron chi connectivity index (χ3n) is 6.93. The van der Waals surface area contributed by atoms with Gasteiger partial charge < -0.3 is 24.4 Å². The monoisotopic (exact) mass is 585 g/mol. The van der Waals surface area contributed by atoms with E-state index in [9.17, 15) is 26.3 Å². The molecule has 1 aliphatic carbocycles. The van der Waals surface area contributed by atoms with Crippen molar-refractivity contribution in [2.45, 2.75) is 63.4 Å². The number of alkyl halides is 6. The van der Waals surface area contributed by atoms with Crippen LogP contribution in [0.2, 0.25) is 0 Å². The van der Waals surface area contributed by atoms with Crippen LogP contribution in [0.4, 0.5) is 38.0 Å². The fourth-order valence-electron chi connectivity index (χ4n) is 4.97. The lowest BCUT2D eigenvalue weighted by atomic mass is 10.0. The van der Waals surface area contributed by atoms with E-state index in [1.165, 1.54) is 18.3 Å². The molecule has 8 nitrogen and oxygen atoms in total. The molecule has 2 atom stereocenters. The highest BCUT2D eigenvalue weighted by molar-refractivity contribution is 5.54. The van der Waals surface area contributed by atoms with E-state index in [0.29, 0.717) is 23.7 Å². The Morgan fingerprint density at radius 3 is 2.54 bits per heavy atom. The Morgan fingerprint density at radius 1 is 1.10 bits per heavy atom. The summed E-state index contributed by atoms with van der Waals surface area (Å²) in [5.41, 5.74) is -0.334. The van der Waals surface area contributed by atoms with Crippen LogP contribution in [0.15, 0.2) is 42.1 Å². The van der Waals surface area contributed by atoms with Crippen LogP contribution in [0.1, 0.15) is 37.1 Å². The molecule has 0 amide bonds. The average Bonchev–Trinajstić information content (AvgIpc) is 3.11. The van der Waals surface area contributed by atoms with Crippen molar-refractivity contribution in [3.05, 3.63) is 59.0 Å². The molecule has 1 saturated heterocycles. The Balaban J connectivity index is 1.39. The maximum Gasteiger partial charge on any atom is 0.419 e. The van der Waals surface area contributed by atoms with E-state index in [2.05, 4.69) is 20.3 Å². The number of pyridine rings is 1. The van der Waals surface area contributed by atoms with Crippen LogP contribution in [0.3, 0.4) is 0 Å². The predicted molar refractivity (Wildman–Crippen MR) is 137 cm³/mol. The molecule has 4 heterocycles. The molecule has 2 aromatic heterocycles. The second-order valence-corrected chi connectivity index (χ2v) is 10.4. The van der Waals surface area contributed by atoms with Crippen molar-refractivity contribution in [3.8, 4) is 6.01 Å². The highest BCUT2D eigenvalue weighted by Gasteiger charge is 2.37. The van der Waals surface area contributed by atoms with E-state index in [1.54, 1.807) is 18.7 Å². The van der Waals surface area contributed by atoms with E-state index >= 15 is 0 Å². The fraction of sp³-hybridized carbons (Fsp3) is 0.519. The summed E-state index contributed by atoms with van der Waals surface area (Å²) in [5, 5.41) is 3.18. The highest BCUT2D eigenvalue weighted by Crippen LogP contribution is 2.37. The minimum atomic E-state index is -4.58. The molecule has 0 aromatic carbocycles. The molecule has 3 aliphatic rings. The van der Waals surface area contributed by atoms with Gasteiger partial charge in [0.25, 0.3) is 0 Å². The third kappa shape index (κ3) is 6.92. The summed E-state index contributed by atoms with van der Waals surface area (Å²) in [4.78, 5) is 14.6. The Bertz CT molecular complexity index is 1330. The summed E-state index contributed by atoms with van der Waals surface area (Å²) in [6.45, 7) is 4.37. The summed E-state index contributed by atoms with van der Waals surface area (Å²) in [5.74, 6) is -0.575. The third-order valence-corrected chi connectivity index (χ3v) is 6.93. The van der Waals surface area contributed by atoms with Crippen molar-refractivity contribution in [3.63, 3.8) is 0 Å².